The van der Waals surface area contributed by atoms with Crippen LogP contribution in [0.4, 0.5) is 0 Å². The Bertz CT molecular complexity index is 1590. The van der Waals surface area contributed by atoms with E-state index in [0.717, 1.165) is 22.0 Å². The molecule has 0 aliphatic carbocycles. The molecule has 6 atom stereocenters. The summed E-state index contributed by atoms with van der Waals surface area (Å²) < 4.78 is 21.5. The fraction of sp³-hybridized carbons (Fsp3) is 0.441. The molecule has 3 aromatic rings. The monoisotopic (exact) mass is 683 g/mol. The summed E-state index contributed by atoms with van der Waals surface area (Å²) in [6, 6.07) is 13.9. The smallest absolute Gasteiger partial charge is 0.364 e. The second kappa shape index (κ2) is 17.9. The molecular formula is C34H41N3O12. The Hall–Kier alpha value is -4.37. The van der Waals surface area contributed by atoms with Crippen molar-refractivity contribution in [2.24, 2.45) is 0 Å². The summed E-state index contributed by atoms with van der Waals surface area (Å²) in [5, 5.41) is 57.9. The van der Waals surface area contributed by atoms with Crippen molar-refractivity contribution in [1.82, 2.24) is 15.6 Å². The van der Waals surface area contributed by atoms with E-state index < -0.39 is 73.6 Å². The minimum atomic E-state index is -2.50. The average Bonchev–Trinajstić information content (AvgIpc) is 3.57. The van der Waals surface area contributed by atoms with Crippen LogP contribution in [0.25, 0.3) is 22.0 Å². The summed E-state index contributed by atoms with van der Waals surface area (Å²) >= 11 is 0. The number of ether oxygens (including phenoxy) is 4. The van der Waals surface area contributed by atoms with E-state index >= 15 is 0 Å². The first kappa shape index (κ1) is 37.4. The van der Waals surface area contributed by atoms with Crippen molar-refractivity contribution >= 4 is 28.7 Å². The van der Waals surface area contributed by atoms with Gasteiger partial charge < -0.3 is 60.1 Å². The number of carboxylic acid groups (broad SMARTS) is 1. The van der Waals surface area contributed by atoms with Crippen LogP contribution in [0.3, 0.4) is 0 Å². The molecule has 15 heteroatoms. The van der Waals surface area contributed by atoms with E-state index in [4.69, 9.17) is 25.4 Å². The molecule has 2 amide bonds. The van der Waals surface area contributed by atoms with E-state index in [0.29, 0.717) is 5.56 Å². The summed E-state index contributed by atoms with van der Waals surface area (Å²) in [6.45, 7) is -1.43. The summed E-state index contributed by atoms with van der Waals surface area (Å²) in [5.74, 6) is -3.28. The number of amides is 2. The number of carbonyl (C=O) groups is 3. The summed E-state index contributed by atoms with van der Waals surface area (Å²) in [7, 11) is 0. The van der Waals surface area contributed by atoms with Crippen molar-refractivity contribution in [3.8, 4) is 23.5 Å². The van der Waals surface area contributed by atoms with Gasteiger partial charge in [0.1, 0.15) is 25.4 Å². The maximum Gasteiger partial charge on any atom is 0.364 e. The molecule has 0 saturated carbocycles. The van der Waals surface area contributed by atoms with Gasteiger partial charge in [0.2, 0.25) is 11.8 Å². The quantitative estimate of drug-likeness (QED) is 0.0616. The highest BCUT2D eigenvalue weighted by molar-refractivity contribution is 5.85. The predicted octanol–water partition coefficient (Wildman–Crippen LogP) is -0.694. The van der Waals surface area contributed by atoms with Crippen LogP contribution in [-0.4, -0.2) is 131 Å². The normalized spacial score (nSPS) is 21.8. The highest BCUT2D eigenvalue weighted by Gasteiger charge is 2.55. The third kappa shape index (κ3) is 10.1. The number of aliphatic hydroxyl groups is 4. The van der Waals surface area contributed by atoms with Crippen molar-refractivity contribution in [2.75, 3.05) is 46.2 Å². The summed E-state index contributed by atoms with van der Waals surface area (Å²) in [5.41, 5.74) is 3.69. The van der Waals surface area contributed by atoms with Gasteiger partial charge in [-0.25, -0.2) is 4.79 Å². The maximum absolute atomic E-state index is 12.7. The highest BCUT2D eigenvalue weighted by atomic mass is 16.7. The van der Waals surface area contributed by atoms with Crippen LogP contribution in [0.1, 0.15) is 12.0 Å². The number of terminal acetylenes is 1. The molecule has 49 heavy (non-hydrogen) atoms. The number of aliphatic hydroxyl groups excluding tert-OH is 4. The van der Waals surface area contributed by atoms with Gasteiger partial charge in [-0.15, -0.1) is 6.42 Å². The van der Waals surface area contributed by atoms with E-state index in [9.17, 15) is 39.9 Å². The average molecular weight is 684 g/mol. The van der Waals surface area contributed by atoms with Crippen molar-refractivity contribution in [2.45, 2.75) is 49.1 Å². The lowest BCUT2D eigenvalue weighted by atomic mass is 9.88. The van der Waals surface area contributed by atoms with Crippen LogP contribution in [-0.2, 0) is 39.8 Å². The zero-order valence-electron chi connectivity index (χ0n) is 26.6. The lowest BCUT2D eigenvalue weighted by Crippen LogP contribution is -2.68. The fourth-order valence-corrected chi connectivity index (χ4v) is 5.42. The number of nitrogens with one attached hydrogen (secondary N) is 3. The van der Waals surface area contributed by atoms with E-state index in [2.05, 4.69) is 27.6 Å². The summed E-state index contributed by atoms with van der Waals surface area (Å²) in [4.78, 5) is 40.2. The second-order valence-electron chi connectivity index (χ2n) is 11.4. The van der Waals surface area contributed by atoms with Crippen molar-refractivity contribution in [3.05, 3.63) is 60.3 Å². The number of fused-ring (bicyclic) bond motifs is 1. The Kier molecular flexibility index (Phi) is 13.6. The van der Waals surface area contributed by atoms with Crippen LogP contribution in [0.2, 0.25) is 0 Å². The molecule has 0 spiro atoms. The van der Waals surface area contributed by atoms with Gasteiger partial charge in [0.15, 0.2) is 0 Å². The van der Waals surface area contributed by atoms with Gasteiger partial charge in [-0.1, -0.05) is 36.3 Å². The van der Waals surface area contributed by atoms with Crippen LogP contribution < -0.4 is 10.6 Å². The highest BCUT2D eigenvalue weighted by Crippen LogP contribution is 2.33. The minimum Gasteiger partial charge on any atom is -0.477 e. The van der Waals surface area contributed by atoms with E-state index in [1.807, 2.05) is 36.5 Å². The fourth-order valence-electron chi connectivity index (χ4n) is 5.42. The van der Waals surface area contributed by atoms with Gasteiger partial charge >= 0.3 is 5.97 Å². The molecule has 0 unspecified atom stereocenters. The molecule has 1 saturated heterocycles. The third-order valence-electron chi connectivity index (χ3n) is 7.93. The number of hydrogen-bond acceptors (Lipinski definition) is 11. The van der Waals surface area contributed by atoms with Crippen molar-refractivity contribution in [1.29, 1.82) is 0 Å². The molecule has 2 aromatic carbocycles. The molecule has 1 aliphatic heterocycles. The molecule has 0 bridgehead atoms. The molecule has 1 aliphatic rings. The molecule has 8 N–H and O–H groups in total. The van der Waals surface area contributed by atoms with Crippen LogP contribution in [0.5, 0.6) is 0 Å². The SMILES string of the molecule is C#CCOCCOCCO[C@]1(C(=O)O)C[C@H](O)[C@@H](NC(=O)CO)[C@H]([C@H](O)[C@H](O)CNC(=O)Cc2ccc(-c3ccc4[nH]ccc4c3)cc2)O1. The topological polar surface area (TPSA) is 229 Å². The first-order chi connectivity index (χ1) is 23.6. The first-order valence-corrected chi connectivity index (χ1v) is 15.6. The number of H-pyrrole nitrogens is 1. The second-order valence-corrected chi connectivity index (χ2v) is 11.4. The van der Waals surface area contributed by atoms with Crippen LogP contribution >= 0.6 is 0 Å². The number of carbonyl (C=O) groups excluding carboxylic acids is 2. The number of aromatic amines is 1. The van der Waals surface area contributed by atoms with Crippen molar-refractivity contribution < 1.29 is 58.9 Å². The Morgan fingerprint density at radius 1 is 1.02 bits per heavy atom. The van der Waals surface area contributed by atoms with Gasteiger partial charge in [-0.2, -0.15) is 0 Å². The maximum atomic E-state index is 12.7. The molecule has 4 rings (SSSR count). The Balaban J connectivity index is 1.35. The molecular weight excluding hydrogens is 642 g/mol. The predicted molar refractivity (Wildman–Crippen MR) is 174 cm³/mol. The van der Waals surface area contributed by atoms with Gasteiger partial charge in [0, 0.05) is 24.7 Å². The largest absolute Gasteiger partial charge is 0.477 e. The lowest BCUT2D eigenvalue weighted by molar-refractivity contribution is -0.312. The standard InChI is InChI=1S/C34H41N3O12/c1-2-11-46-12-13-47-14-15-48-34(33(44)45)18-26(39)30(37-29(42)20-38)32(49-34)31(43)27(40)19-36-28(41)16-21-3-5-22(6-4-21)23-7-8-25-24(17-23)9-10-35-25/h1,3-10,17,26-27,30-32,35,38-40,43H,11-16,18-20H2,(H,36,41)(H,37,42)(H,44,45)/t26-,27+,30+,31+,32+,34+/m0/s1. The number of aromatic nitrogens is 1. The third-order valence-corrected chi connectivity index (χ3v) is 7.93. The zero-order chi connectivity index (χ0) is 35.4. The molecule has 1 aromatic heterocycles. The number of benzene rings is 2. The molecule has 15 nitrogen and oxygen atoms in total. The number of carboxylic acids is 1. The Morgan fingerprint density at radius 3 is 2.45 bits per heavy atom. The Labute approximate surface area is 282 Å². The van der Waals surface area contributed by atoms with Crippen LogP contribution in [0.15, 0.2) is 54.7 Å². The molecule has 1 fully saturated rings. The van der Waals surface area contributed by atoms with Crippen molar-refractivity contribution in [3.63, 3.8) is 0 Å². The molecule has 0 radical (unpaired) electrons. The van der Waals surface area contributed by atoms with Crippen LogP contribution in [0, 0.1) is 12.3 Å². The number of rotatable bonds is 18. The first-order valence-electron chi connectivity index (χ1n) is 15.6. The minimum absolute atomic E-state index is 0.0398. The molecule has 264 valence electrons. The van der Waals surface area contributed by atoms with E-state index in [1.165, 1.54) is 0 Å². The van der Waals surface area contributed by atoms with Gasteiger partial charge in [-0.3, -0.25) is 9.59 Å². The molecule has 2 heterocycles. The van der Waals surface area contributed by atoms with Gasteiger partial charge in [0.25, 0.3) is 5.79 Å². The number of hydrogen-bond donors (Lipinski definition) is 8. The van der Waals surface area contributed by atoms with E-state index in [-0.39, 0.29) is 39.5 Å². The summed E-state index contributed by atoms with van der Waals surface area (Å²) in [6.07, 6.45) is -0.852. The zero-order valence-corrected chi connectivity index (χ0v) is 26.6. The Morgan fingerprint density at radius 2 is 1.73 bits per heavy atom. The lowest BCUT2D eigenvalue weighted by Gasteiger charge is -2.46. The van der Waals surface area contributed by atoms with E-state index in [1.54, 1.807) is 12.1 Å². The number of aliphatic carboxylic acids is 1. The van der Waals surface area contributed by atoms with Gasteiger partial charge in [0.05, 0.1) is 51.1 Å². The van der Waals surface area contributed by atoms with Gasteiger partial charge in [-0.05, 0) is 40.3 Å².